The van der Waals surface area contributed by atoms with Crippen molar-refractivity contribution < 1.29 is 0 Å². The average Bonchev–Trinajstić information content (AvgIpc) is 3.01. The van der Waals surface area contributed by atoms with E-state index in [1.165, 1.54) is 11.8 Å². The molecule has 2 N–H and O–H groups in total. The van der Waals surface area contributed by atoms with Gasteiger partial charge < -0.3 is 15.2 Å². The summed E-state index contributed by atoms with van der Waals surface area (Å²) in [5, 5.41) is 9.08. The molecule has 1 aliphatic rings. The lowest BCUT2D eigenvalue weighted by molar-refractivity contribution is 0.779. The fraction of sp³-hybridized carbons (Fsp3) is 0.500. The van der Waals surface area contributed by atoms with Gasteiger partial charge in [-0.05, 0) is 24.6 Å². The largest absolute Gasteiger partial charge is 0.368 e. The fourth-order valence-electron chi connectivity index (χ4n) is 1.91. The third kappa shape index (κ3) is 2.60. The smallest absolute Gasteiger partial charge is 0.231 e. The van der Waals surface area contributed by atoms with Gasteiger partial charge in [0.05, 0.1) is 0 Å². The van der Waals surface area contributed by atoms with E-state index in [4.69, 9.17) is 5.73 Å². The first kappa shape index (κ1) is 12.2. The second kappa shape index (κ2) is 5.00. The second-order valence-electron chi connectivity index (χ2n) is 4.30. The topological polar surface area (TPSA) is 98.6 Å². The molecule has 100 valence electrons. The molecule has 0 aliphatic carbocycles. The summed E-state index contributed by atoms with van der Waals surface area (Å²) in [5.41, 5.74) is 5.75. The molecule has 2 aromatic rings. The Labute approximate surface area is 114 Å². The van der Waals surface area contributed by atoms with Crippen LogP contribution in [0.1, 0.15) is 12.8 Å². The third-order valence-electron chi connectivity index (χ3n) is 2.86. The van der Waals surface area contributed by atoms with Gasteiger partial charge in [0.1, 0.15) is 6.33 Å². The number of hydrogen-bond donors (Lipinski definition) is 1. The minimum atomic E-state index is 0.238. The van der Waals surface area contributed by atoms with Crippen LogP contribution in [0, 0.1) is 0 Å². The monoisotopic (exact) mass is 278 g/mol. The Morgan fingerprint density at radius 1 is 1.21 bits per heavy atom. The van der Waals surface area contributed by atoms with E-state index >= 15 is 0 Å². The molecular formula is C10H14N8S. The van der Waals surface area contributed by atoms with Crippen LogP contribution in [0.25, 0.3) is 0 Å². The van der Waals surface area contributed by atoms with Crippen LogP contribution in [0.5, 0.6) is 0 Å². The highest BCUT2D eigenvalue weighted by Crippen LogP contribution is 2.24. The van der Waals surface area contributed by atoms with E-state index in [2.05, 4.69) is 30.0 Å². The minimum Gasteiger partial charge on any atom is -0.368 e. The number of hydrogen-bond acceptors (Lipinski definition) is 8. The number of nitrogens with zero attached hydrogens (tertiary/aromatic N) is 7. The van der Waals surface area contributed by atoms with Gasteiger partial charge in [-0.15, -0.1) is 10.2 Å². The predicted molar refractivity (Wildman–Crippen MR) is 70.8 cm³/mol. The maximum absolute atomic E-state index is 5.75. The van der Waals surface area contributed by atoms with Crippen LogP contribution in [0.4, 0.5) is 11.9 Å². The summed E-state index contributed by atoms with van der Waals surface area (Å²) in [5.74, 6) is 0.885. The van der Waals surface area contributed by atoms with E-state index in [0.717, 1.165) is 31.1 Å². The van der Waals surface area contributed by atoms with Crippen LogP contribution >= 0.6 is 11.8 Å². The van der Waals surface area contributed by atoms with Crippen molar-refractivity contribution in [2.24, 2.45) is 7.05 Å². The quantitative estimate of drug-likeness (QED) is 0.857. The molecule has 0 radical (unpaired) electrons. The van der Waals surface area contributed by atoms with Crippen LogP contribution in [0.2, 0.25) is 0 Å². The van der Waals surface area contributed by atoms with Crippen LogP contribution in [0.15, 0.2) is 16.6 Å². The summed E-state index contributed by atoms with van der Waals surface area (Å²) >= 11 is 1.33. The number of aromatic nitrogens is 6. The van der Waals surface area contributed by atoms with Crippen molar-refractivity contribution in [2.45, 2.75) is 23.2 Å². The molecule has 9 heteroatoms. The Morgan fingerprint density at radius 2 is 2.00 bits per heavy atom. The van der Waals surface area contributed by atoms with E-state index in [1.807, 2.05) is 7.05 Å². The van der Waals surface area contributed by atoms with Gasteiger partial charge in [0.15, 0.2) is 5.16 Å². The number of anilines is 2. The van der Waals surface area contributed by atoms with Crippen LogP contribution in [-0.4, -0.2) is 42.8 Å². The molecule has 1 saturated heterocycles. The molecule has 1 fully saturated rings. The number of rotatable bonds is 3. The Hall–Kier alpha value is -1.90. The van der Waals surface area contributed by atoms with Crippen LogP contribution in [-0.2, 0) is 7.05 Å². The fourth-order valence-corrected chi connectivity index (χ4v) is 2.62. The molecule has 0 amide bonds. The van der Waals surface area contributed by atoms with Gasteiger partial charge in [-0.1, -0.05) is 0 Å². The van der Waals surface area contributed by atoms with Gasteiger partial charge in [-0.25, -0.2) is 0 Å². The van der Waals surface area contributed by atoms with Gasteiger partial charge in [0, 0.05) is 20.1 Å². The zero-order valence-corrected chi connectivity index (χ0v) is 11.3. The molecule has 0 spiro atoms. The molecule has 0 unspecified atom stereocenters. The van der Waals surface area contributed by atoms with E-state index < -0.39 is 0 Å². The Balaban J connectivity index is 1.87. The van der Waals surface area contributed by atoms with Gasteiger partial charge >= 0.3 is 0 Å². The van der Waals surface area contributed by atoms with Crippen molar-refractivity contribution in [3.05, 3.63) is 6.33 Å². The maximum Gasteiger partial charge on any atom is 0.231 e. The average molecular weight is 278 g/mol. The molecule has 0 aromatic carbocycles. The van der Waals surface area contributed by atoms with Crippen molar-refractivity contribution in [1.82, 2.24) is 29.7 Å². The first-order valence-corrected chi connectivity index (χ1v) is 6.82. The van der Waals surface area contributed by atoms with Gasteiger partial charge in [-0.2, -0.15) is 15.0 Å². The lowest BCUT2D eigenvalue weighted by atomic mass is 10.4. The van der Waals surface area contributed by atoms with Crippen molar-refractivity contribution in [2.75, 3.05) is 23.7 Å². The Bertz CT molecular complexity index is 577. The zero-order chi connectivity index (χ0) is 13.2. The summed E-state index contributed by atoms with van der Waals surface area (Å²) in [6, 6.07) is 0. The number of aryl methyl sites for hydroxylation is 1. The molecule has 8 nitrogen and oxygen atoms in total. The third-order valence-corrected chi connectivity index (χ3v) is 3.78. The molecule has 0 atom stereocenters. The highest BCUT2D eigenvalue weighted by molar-refractivity contribution is 7.99. The van der Waals surface area contributed by atoms with E-state index in [-0.39, 0.29) is 5.95 Å². The number of nitrogen functional groups attached to an aromatic ring is 1. The molecule has 0 saturated carbocycles. The van der Waals surface area contributed by atoms with E-state index in [1.54, 1.807) is 10.9 Å². The second-order valence-corrected chi connectivity index (χ2v) is 5.23. The highest BCUT2D eigenvalue weighted by Gasteiger charge is 2.17. The minimum absolute atomic E-state index is 0.238. The Kier molecular flexibility index (Phi) is 3.20. The molecule has 2 aromatic heterocycles. The first-order chi connectivity index (χ1) is 9.22. The number of nitrogens with two attached hydrogens (primary N) is 1. The van der Waals surface area contributed by atoms with Crippen LogP contribution < -0.4 is 10.6 Å². The predicted octanol–water partition coefficient (Wildman–Crippen LogP) is 0.334. The van der Waals surface area contributed by atoms with Crippen molar-refractivity contribution in [1.29, 1.82) is 0 Å². The van der Waals surface area contributed by atoms with E-state index in [0.29, 0.717) is 11.1 Å². The van der Waals surface area contributed by atoms with Crippen molar-refractivity contribution in [3.63, 3.8) is 0 Å². The summed E-state index contributed by atoms with van der Waals surface area (Å²) in [7, 11) is 1.87. The zero-order valence-electron chi connectivity index (χ0n) is 10.5. The van der Waals surface area contributed by atoms with Gasteiger partial charge in [0.2, 0.25) is 17.1 Å². The van der Waals surface area contributed by atoms with Gasteiger partial charge in [0.25, 0.3) is 0 Å². The summed E-state index contributed by atoms with van der Waals surface area (Å²) in [4.78, 5) is 14.9. The highest BCUT2D eigenvalue weighted by atomic mass is 32.2. The first-order valence-electron chi connectivity index (χ1n) is 6.01. The molecule has 19 heavy (non-hydrogen) atoms. The van der Waals surface area contributed by atoms with Gasteiger partial charge in [-0.3, -0.25) is 0 Å². The van der Waals surface area contributed by atoms with E-state index in [9.17, 15) is 0 Å². The van der Waals surface area contributed by atoms with Crippen molar-refractivity contribution in [3.8, 4) is 0 Å². The standard InChI is InChI=1S/C10H14N8S/c1-17-6-12-16-10(17)19-9-14-7(11)13-8(15-9)18-4-2-3-5-18/h6H,2-5H2,1H3,(H2,11,13,14,15). The maximum atomic E-state index is 5.75. The van der Waals surface area contributed by atoms with Crippen molar-refractivity contribution >= 4 is 23.7 Å². The molecule has 0 bridgehead atoms. The lowest BCUT2D eigenvalue weighted by Gasteiger charge is -2.15. The molecular weight excluding hydrogens is 264 g/mol. The summed E-state index contributed by atoms with van der Waals surface area (Å²) in [6.45, 7) is 1.94. The van der Waals surface area contributed by atoms with Crippen LogP contribution in [0.3, 0.4) is 0 Å². The summed E-state index contributed by atoms with van der Waals surface area (Å²) < 4.78 is 1.81. The summed E-state index contributed by atoms with van der Waals surface area (Å²) in [6.07, 6.45) is 3.96. The molecule has 3 heterocycles. The molecule has 3 rings (SSSR count). The molecule has 1 aliphatic heterocycles. The lowest BCUT2D eigenvalue weighted by Crippen LogP contribution is -2.21. The normalized spacial score (nSPS) is 15.1. The SMILES string of the molecule is Cn1cnnc1Sc1nc(N)nc(N2CCCC2)n1. The Morgan fingerprint density at radius 3 is 2.68 bits per heavy atom.